The van der Waals surface area contributed by atoms with Gasteiger partial charge in [0.15, 0.2) is 5.43 Å². The smallest absolute Gasteiger partial charge is 0.256 e. The quantitative estimate of drug-likeness (QED) is 0.606. The number of aromatic nitrogens is 1. The fourth-order valence-corrected chi connectivity index (χ4v) is 1.43. The summed E-state index contributed by atoms with van der Waals surface area (Å²) in [4.78, 5) is 25.6. The molecule has 1 aliphatic carbocycles. The predicted molar refractivity (Wildman–Crippen MR) is 60.4 cm³/mol. The number of amides is 1. The Morgan fingerprint density at radius 1 is 1.44 bits per heavy atom. The van der Waals surface area contributed by atoms with Gasteiger partial charge < -0.3 is 15.6 Å². The lowest BCUT2D eigenvalue weighted by Gasteiger charge is -2.05. The first-order chi connectivity index (χ1) is 7.77. The van der Waals surface area contributed by atoms with Gasteiger partial charge in [0.2, 0.25) is 0 Å². The van der Waals surface area contributed by atoms with Crippen LogP contribution in [0.4, 0.5) is 0 Å². The van der Waals surface area contributed by atoms with E-state index in [1.165, 1.54) is 31.3 Å². The van der Waals surface area contributed by atoms with Crippen LogP contribution in [0.5, 0.6) is 0 Å². The van der Waals surface area contributed by atoms with E-state index in [-0.39, 0.29) is 16.9 Å². The van der Waals surface area contributed by atoms with E-state index in [1.807, 2.05) is 0 Å². The van der Waals surface area contributed by atoms with E-state index < -0.39 is 0 Å². The van der Waals surface area contributed by atoms with Crippen LogP contribution in [0.25, 0.3) is 0 Å². The molecule has 86 valence electrons. The molecule has 1 fully saturated rings. The van der Waals surface area contributed by atoms with Crippen LogP contribution in [0.15, 0.2) is 23.3 Å². The summed E-state index contributed by atoms with van der Waals surface area (Å²) in [5.74, 6) is -0.320. The van der Waals surface area contributed by atoms with Gasteiger partial charge in [-0.15, -0.1) is 0 Å². The Morgan fingerprint density at radius 2 is 2.25 bits per heavy atom. The highest BCUT2D eigenvalue weighted by atomic mass is 16.2. The van der Waals surface area contributed by atoms with Crippen molar-refractivity contribution in [1.29, 1.82) is 0 Å². The van der Waals surface area contributed by atoms with Crippen LogP contribution in [-0.4, -0.2) is 30.0 Å². The summed E-state index contributed by atoms with van der Waals surface area (Å²) in [6.07, 6.45) is 5.39. The van der Waals surface area contributed by atoms with Crippen molar-refractivity contribution < 1.29 is 4.79 Å². The van der Waals surface area contributed by atoms with Gasteiger partial charge >= 0.3 is 0 Å². The topological polar surface area (TPSA) is 74.0 Å². The number of carbonyl (C=O) groups is 1. The van der Waals surface area contributed by atoms with Crippen LogP contribution in [0, 0.1) is 0 Å². The number of H-pyrrole nitrogens is 1. The summed E-state index contributed by atoms with van der Waals surface area (Å²) in [7, 11) is 0. The third-order valence-electron chi connectivity index (χ3n) is 2.49. The Hall–Kier alpha value is -1.62. The Morgan fingerprint density at radius 3 is 2.94 bits per heavy atom. The van der Waals surface area contributed by atoms with Crippen LogP contribution in [-0.2, 0) is 0 Å². The van der Waals surface area contributed by atoms with Crippen LogP contribution in [0.2, 0.25) is 0 Å². The molecule has 0 atom stereocenters. The third-order valence-corrected chi connectivity index (χ3v) is 2.49. The number of rotatable bonds is 5. The van der Waals surface area contributed by atoms with E-state index in [2.05, 4.69) is 15.6 Å². The lowest BCUT2D eigenvalue weighted by atomic mass is 10.2. The average molecular weight is 221 g/mol. The number of hydrogen-bond donors (Lipinski definition) is 3. The van der Waals surface area contributed by atoms with E-state index >= 15 is 0 Å². The largest absolute Gasteiger partial charge is 0.367 e. The number of pyridine rings is 1. The maximum atomic E-state index is 11.6. The monoisotopic (exact) mass is 221 g/mol. The molecule has 0 spiro atoms. The molecule has 0 bridgehead atoms. The van der Waals surface area contributed by atoms with Crippen LogP contribution in [0.3, 0.4) is 0 Å². The van der Waals surface area contributed by atoms with Gasteiger partial charge in [-0.1, -0.05) is 0 Å². The second kappa shape index (κ2) is 4.94. The molecule has 0 aromatic carbocycles. The van der Waals surface area contributed by atoms with Crippen molar-refractivity contribution in [3.05, 3.63) is 34.2 Å². The Kier molecular flexibility index (Phi) is 3.36. The molecule has 0 saturated heterocycles. The number of nitrogens with one attached hydrogen (secondary N) is 3. The zero-order valence-corrected chi connectivity index (χ0v) is 8.95. The number of hydrogen-bond acceptors (Lipinski definition) is 3. The maximum absolute atomic E-state index is 11.6. The van der Waals surface area contributed by atoms with Gasteiger partial charge in [-0.2, -0.15) is 0 Å². The van der Waals surface area contributed by atoms with Crippen LogP contribution >= 0.6 is 0 Å². The van der Waals surface area contributed by atoms with Crippen molar-refractivity contribution in [3.8, 4) is 0 Å². The molecule has 1 saturated carbocycles. The van der Waals surface area contributed by atoms with Crippen molar-refractivity contribution in [1.82, 2.24) is 15.6 Å². The first kappa shape index (κ1) is 10.9. The van der Waals surface area contributed by atoms with E-state index in [0.29, 0.717) is 12.6 Å². The Bertz CT molecular complexity index is 423. The Balaban J connectivity index is 1.78. The first-order valence-electron chi connectivity index (χ1n) is 5.46. The molecule has 1 aliphatic rings. The molecule has 3 N–H and O–H groups in total. The van der Waals surface area contributed by atoms with Gasteiger partial charge in [0.25, 0.3) is 5.91 Å². The maximum Gasteiger partial charge on any atom is 0.256 e. The van der Waals surface area contributed by atoms with Crippen LogP contribution < -0.4 is 16.1 Å². The average Bonchev–Trinajstić information content (AvgIpc) is 3.08. The summed E-state index contributed by atoms with van der Waals surface area (Å²) in [5, 5.41) is 5.98. The minimum absolute atomic E-state index is 0.161. The molecule has 1 aromatic heterocycles. The Labute approximate surface area is 93.3 Å². The molecule has 2 rings (SSSR count). The molecule has 0 radical (unpaired) electrons. The van der Waals surface area contributed by atoms with Crippen molar-refractivity contribution in [3.63, 3.8) is 0 Å². The molecule has 1 amide bonds. The lowest BCUT2D eigenvalue weighted by Crippen LogP contribution is -2.34. The molecular formula is C11H15N3O2. The fourth-order valence-electron chi connectivity index (χ4n) is 1.43. The lowest BCUT2D eigenvalue weighted by molar-refractivity contribution is 0.0952. The van der Waals surface area contributed by atoms with Gasteiger partial charge in [-0.3, -0.25) is 9.59 Å². The summed E-state index contributed by atoms with van der Waals surface area (Å²) >= 11 is 0. The van der Waals surface area contributed by atoms with Crippen molar-refractivity contribution >= 4 is 5.91 Å². The SMILES string of the molecule is O=C(NCCNC1CC1)c1c[nH]ccc1=O. The van der Waals surface area contributed by atoms with E-state index in [4.69, 9.17) is 0 Å². The zero-order valence-electron chi connectivity index (χ0n) is 8.95. The summed E-state index contributed by atoms with van der Waals surface area (Å²) in [6, 6.07) is 1.98. The van der Waals surface area contributed by atoms with E-state index in [0.717, 1.165) is 6.54 Å². The van der Waals surface area contributed by atoms with Crippen molar-refractivity contribution in [2.24, 2.45) is 0 Å². The highest BCUT2D eigenvalue weighted by molar-refractivity contribution is 5.93. The van der Waals surface area contributed by atoms with Gasteiger partial charge in [-0.05, 0) is 12.8 Å². The molecule has 1 aromatic rings. The summed E-state index contributed by atoms with van der Waals surface area (Å²) < 4.78 is 0. The molecule has 0 aliphatic heterocycles. The molecular weight excluding hydrogens is 206 g/mol. The van der Waals surface area contributed by atoms with Crippen molar-refractivity contribution in [2.45, 2.75) is 18.9 Å². The standard InChI is InChI=1S/C11H15N3O2/c15-10-3-4-12-7-9(10)11(16)14-6-5-13-8-1-2-8/h3-4,7-8,13H,1-2,5-6H2,(H,12,15)(H,14,16). The number of carbonyl (C=O) groups excluding carboxylic acids is 1. The third kappa shape index (κ3) is 2.93. The fraction of sp³-hybridized carbons (Fsp3) is 0.455. The highest BCUT2D eigenvalue weighted by Crippen LogP contribution is 2.17. The zero-order chi connectivity index (χ0) is 11.4. The van der Waals surface area contributed by atoms with Gasteiger partial charge in [0.1, 0.15) is 5.56 Å². The molecule has 16 heavy (non-hydrogen) atoms. The van der Waals surface area contributed by atoms with E-state index in [1.54, 1.807) is 0 Å². The number of aromatic amines is 1. The summed E-state index contributed by atoms with van der Waals surface area (Å²) in [5.41, 5.74) is -0.0969. The summed E-state index contributed by atoms with van der Waals surface area (Å²) in [6.45, 7) is 1.30. The molecule has 5 nitrogen and oxygen atoms in total. The van der Waals surface area contributed by atoms with Crippen molar-refractivity contribution in [2.75, 3.05) is 13.1 Å². The highest BCUT2D eigenvalue weighted by Gasteiger charge is 2.19. The normalized spacial score (nSPS) is 14.8. The molecule has 5 heteroatoms. The minimum atomic E-state index is -0.320. The second-order valence-electron chi connectivity index (χ2n) is 3.91. The van der Waals surface area contributed by atoms with Gasteiger partial charge in [0.05, 0.1) is 0 Å². The first-order valence-corrected chi connectivity index (χ1v) is 5.46. The molecule has 1 heterocycles. The predicted octanol–water partition coefficient (Wildman–Crippen LogP) is -0.143. The minimum Gasteiger partial charge on any atom is -0.367 e. The van der Waals surface area contributed by atoms with Gasteiger partial charge in [0, 0.05) is 37.6 Å². The van der Waals surface area contributed by atoms with Crippen LogP contribution in [0.1, 0.15) is 23.2 Å². The van der Waals surface area contributed by atoms with Gasteiger partial charge in [-0.25, -0.2) is 0 Å². The molecule has 0 unspecified atom stereocenters. The van der Waals surface area contributed by atoms with E-state index in [9.17, 15) is 9.59 Å². The second-order valence-corrected chi connectivity index (χ2v) is 3.91.